The third-order valence-electron chi connectivity index (χ3n) is 5.97. The summed E-state index contributed by atoms with van der Waals surface area (Å²) in [6.07, 6.45) is -2.37. The molecule has 1 aliphatic rings. The number of hydrogen-bond donors (Lipinski definition) is 0. The van der Waals surface area contributed by atoms with E-state index in [2.05, 4.69) is 5.10 Å². The Bertz CT molecular complexity index is 1270. The molecular formula is C25H24F3N3O3. The Morgan fingerprint density at radius 3 is 2.65 bits per heavy atom. The van der Waals surface area contributed by atoms with Crippen molar-refractivity contribution in [1.29, 1.82) is 0 Å². The number of alkyl halides is 3. The molecule has 1 aliphatic heterocycles. The van der Waals surface area contributed by atoms with Crippen molar-refractivity contribution < 1.29 is 22.7 Å². The lowest BCUT2D eigenvalue weighted by molar-refractivity contribution is -0.137. The maximum absolute atomic E-state index is 13.4. The molecule has 0 spiro atoms. The highest BCUT2D eigenvalue weighted by Gasteiger charge is 2.33. The fourth-order valence-electron chi connectivity index (χ4n) is 4.29. The molecule has 6 nitrogen and oxygen atoms in total. The molecule has 1 amide bonds. The Labute approximate surface area is 194 Å². The van der Waals surface area contributed by atoms with Crippen molar-refractivity contribution in [2.45, 2.75) is 38.4 Å². The number of rotatable bonds is 5. The number of likely N-dealkylation sites (tertiary alicyclic amines) is 1. The molecule has 1 fully saturated rings. The molecule has 2 heterocycles. The van der Waals surface area contributed by atoms with Gasteiger partial charge in [-0.25, -0.2) is 4.68 Å². The number of halogens is 3. The van der Waals surface area contributed by atoms with Crippen LogP contribution in [0.3, 0.4) is 0 Å². The van der Waals surface area contributed by atoms with E-state index in [4.69, 9.17) is 4.74 Å². The van der Waals surface area contributed by atoms with E-state index in [9.17, 15) is 22.8 Å². The summed E-state index contributed by atoms with van der Waals surface area (Å²) in [4.78, 5) is 27.7. The lowest BCUT2D eigenvalue weighted by atomic mass is 10.0. The second kappa shape index (κ2) is 9.32. The average molecular weight is 471 g/mol. The van der Waals surface area contributed by atoms with Crippen molar-refractivity contribution in [2.75, 3.05) is 13.7 Å². The Kier molecular flexibility index (Phi) is 6.45. The van der Waals surface area contributed by atoms with Gasteiger partial charge in [0.2, 0.25) is 5.43 Å². The van der Waals surface area contributed by atoms with Crippen LogP contribution in [0.2, 0.25) is 0 Å². The summed E-state index contributed by atoms with van der Waals surface area (Å²) in [6.45, 7) is 2.04. The lowest BCUT2D eigenvalue weighted by Crippen LogP contribution is -2.40. The van der Waals surface area contributed by atoms with Crippen LogP contribution in [0.1, 0.15) is 40.2 Å². The van der Waals surface area contributed by atoms with Gasteiger partial charge in [-0.1, -0.05) is 18.2 Å². The molecule has 9 heteroatoms. The van der Waals surface area contributed by atoms with Crippen LogP contribution in [-0.4, -0.2) is 40.3 Å². The van der Waals surface area contributed by atoms with Crippen LogP contribution in [0.5, 0.6) is 5.75 Å². The van der Waals surface area contributed by atoms with Crippen molar-refractivity contribution in [3.8, 4) is 11.4 Å². The number of methoxy groups -OCH3 is 1. The summed E-state index contributed by atoms with van der Waals surface area (Å²) in [5.74, 6) is 0.202. The number of carbonyl (C=O) groups is 1. The van der Waals surface area contributed by atoms with Crippen LogP contribution in [0.15, 0.2) is 59.4 Å². The zero-order valence-corrected chi connectivity index (χ0v) is 18.8. The summed E-state index contributed by atoms with van der Waals surface area (Å²) in [5, 5.41) is 4.20. The zero-order valence-electron chi connectivity index (χ0n) is 18.8. The average Bonchev–Trinajstić information content (AvgIpc) is 3.26. The third-order valence-corrected chi connectivity index (χ3v) is 5.97. The minimum atomic E-state index is -4.52. The van der Waals surface area contributed by atoms with Gasteiger partial charge in [0.1, 0.15) is 5.75 Å². The fourth-order valence-corrected chi connectivity index (χ4v) is 4.29. The topological polar surface area (TPSA) is 64.4 Å². The van der Waals surface area contributed by atoms with Gasteiger partial charge in [0.25, 0.3) is 5.91 Å². The van der Waals surface area contributed by atoms with E-state index in [1.807, 2.05) is 24.3 Å². The van der Waals surface area contributed by atoms with E-state index in [1.165, 1.54) is 22.9 Å². The van der Waals surface area contributed by atoms with Gasteiger partial charge >= 0.3 is 6.18 Å². The monoisotopic (exact) mass is 471 g/mol. The van der Waals surface area contributed by atoms with Gasteiger partial charge in [0.05, 0.1) is 18.4 Å². The maximum atomic E-state index is 13.4. The van der Waals surface area contributed by atoms with Gasteiger partial charge in [-0.05, 0) is 62.1 Å². The highest BCUT2D eigenvalue weighted by atomic mass is 19.4. The van der Waals surface area contributed by atoms with Crippen molar-refractivity contribution >= 4 is 5.91 Å². The summed E-state index contributed by atoms with van der Waals surface area (Å²) in [6, 6.07) is 13.3. The molecule has 0 saturated carbocycles. The zero-order chi connectivity index (χ0) is 24.5. The molecular weight excluding hydrogens is 447 g/mol. The first kappa shape index (κ1) is 23.5. The first-order chi connectivity index (χ1) is 16.2. The first-order valence-corrected chi connectivity index (χ1v) is 10.9. The molecule has 4 rings (SSSR count). The van der Waals surface area contributed by atoms with Gasteiger partial charge in [-0.15, -0.1) is 0 Å². The van der Waals surface area contributed by atoms with Crippen molar-refractivity contribution in [3.05, 3.63) is 87.3 Å². The SMILES string of the molecule is COc1cccc(CC2CCCN2C(=O)c2nn(-c3cccc(C(F)(F)F)c3)c(C)cc2=O)c1. The van der Waals surface area contributed by atoms with Gasteiger partial charge in [-0.3, -0.25) is 9.59 Å². The summed E-state index contributed by atoms with van der Waals surface area (Å²) in [5.41, 5.74) is -0.248. The minimum absolute atomic E-state index is 0.121. The molecule has 1 atom stereocenters. The van der Waals surface area contributed by atoms with Gasteiger partial charge in [-0.2, -0.15) is 18.3 Å². The predicted molar refractivity (Wildman–Crippen MR) is 120 cm³/mol. The van der Waals surface area contributed by atoms with Crippen LogP contribution < -0.4 is 10.2 Å². The number of carbonyl (C=O) groups excluding carboxylic acids is 1. The number of nitrogens with zero attached hydrogens (tertiary/aromatic N) is 3. The van der Waals surface area contributed by atoms with E-state index in [0.717, 1.165) is 36.3 Å². The Balaban J connectivity index is 1.65. The molecule has 0 radical (unpaired) electrons. The second-order valence-corrected chi connectivity index (χ2v) is 8.31. The number of benzene rings is 2. The molecule has 2 aromatic carbocycles. The van der Waals surface area contributed by atoms with Crippen LogP contribution in [0, 0.1) is 6.92 Å². The Hall–Kier alpha value is -3.62. The third kappa shape index (κ3) is 4.83. The molecule has 1 unspecified atom stereocenters. The normalized spacial score (nSPS) is 16.0. The predicted octanol–water partition coefficient (Wildman–Crippen LogP) is 4.42. The number of amides is 1. The van der Waals surface area contributed by atoms with Crippen LogP contribution in [-0.2, 0) is 12.6 Å². The van der Waals surface area contributed by atoms with E-state index < -0.39 is 23.1 Å². The number of aryl methyl sites for hydroxylation is 1. The summed E-state index contributed by atoms with van der Waals surface area (Å²) >= 11 is 0. The number of aromatic nitrogens is 2. The molecule has 0 N–H and O–H groups in total. The van der Waals surface area contributed by atoms with Crippen molar-refractivity contribution in [1.82, 2.24) is 14.7 Å². The van der Waals surface area contributed by atoms with E-state index in [-0.39, 0.29) is 17.4 Å². The van der Waals surface area contributed by atoms with E-state index in [1.54, 1.807) is 18.9 Å². The molecule has 0 aliphatic carbocycles. The smallest absolute Gasteiger partial charge is 0.416 e. The first-order valence-electron chi connectivity index (χ1n) is 10.9. The highest BCUT2D eigenvalue weighted by Crippen LogP contribution is 2.30. The van der Waals surface area contributed by atoms with Crippen molar-refractivity contribution in [2.24, 2.45) is 0 Å². The largest absolute Gasteiger partial charge is 0.497 e. The number of ether oxygens (including phenoxy) is 1. The van der Waals surface area contributed by atoms with Gasteiger partial charge in [0, 0.05) is 24.3 Å². The molecule has 1 saturated heterocycles. The maximum Gasteiger partial charge on any atom is 0.416 e. The van der Waals surface area contributed by atoms with Gasteiger partial charge in [0.15, 0.2) is 5.69 Å². The molecule has 178 valence electrons. The van der Waals surface area contributed by atoms with E-state index in [0.29, 0.717) is 18.7 Å². The van der Waals surface area contributed by atoms with Crippen molar-refractivity contribution in [3.63, 3.8) is 0 Å². The van der Waals surface area contributed by atoms with Crippen LogP contribution in [0.4, 0.5) is 13.2 Å². The molecule has 1 aromatic heterocycles. The highest BCUT2D eigenvalue weighted by molar-refractivity contribution is 5.92. The summed E-state index contributed by atoms with van der Waals surface area (Å²) < 4.78 is 46.0. The van der Waals surface area contributed by atoms with Gasteiger partial charge < -0.3 is 9.64 Å². The van der Waals surface area contributed by atoms with E-state index >= 15 is 0 Å². The van der Waals surface area contributed by atoms with Crippen LogP contribution >= 0.6 is 0 Å². The minimum Gasteiger partial charge on any atom is -0.497 e. The second-order valence-electron chi connectivity index (χ2n) is 8.31. The molecule has 34 heavy (non-hydrogen) atoms. The standard InChI is InChI=1S/C25H24F3N3O3/c1-16-12-22(32)23(29-31(16)20-8-4-7-18(15-20)25(26,27)28)24(33)30-11-5-9-19(30)13-17-6-3-10-21(14-17)34-2/h3-4,6-8,10,12,14-15,19H,5,9,11,13H2,1-2H3. The summed E-state index contributed by atoms with van der Waals surface area (Å²) in [7, 11) is 1.59. The fraction of sp³-hybridized carbons (Fsp3) is 0.320. The molecule has 3 aromatic rings. The quantitative estimate of drug-likeness (QED) is 0.553. The lowest BCUT2D eigenvalue weighted by Gasteiger charge is -2.25. The number of hydrogen-bond acceptors (Lipinski definition) is 4. The van der Waals surface area contributed by atoms with Crippen LogP contribution in [0.25, 0.3) is 5.69 Å². The Morgan fingerprint density at radius 1 is 1.15 bits per heavy atom. The molecule has 0 bridgehead atoms. The Morgan fingerprint density at radius 2 is 1.91 bits per heavy atom.